The Hall–Kier alpha value is -1.57. The largest absolute Gasteiger partial charge is 0.377 e. The number of benzene rings is 1. The van der Waals surface area contributed by atoms with E-state index in [-0.39, 0.29) is 6.04 Å². The Morgan fingerprint density at radius 1 is 1.53 bits per heavy atom. The van der Waals surface area contributed by atoms with Crippen molar-refractivity contribution in [2.45, 2.75) is 13.0 Å². The van der Waals surface area contributed by atoms with E-state index < -0.39 is 0 Å². The first-order valence-corrected chi connectivity index (χ1v) is 6.37. The third-order valence-electron chi connectivity index (χ3n) is 2.37. The lowest BCUT2D eigenvalue weighted by Crippen LogP contribution is -2.06. The van der Waals surface area contributed by atoms with Gasteiger partial charge >= 0.3 is 0 Å². The van der Waals surface area contributed by atoms with Crippen molar-refractivity contribution < 1.29 is 0 Å². The van der Waals surface area contributed by atoms with Crippen LogP contribution in [0, 0.1) is 11.3 Å². The van der Waals surface area contributed by atoms with Crippen LogP contribution in [0.25, 0.3) is 0 Å². The molecule has 17 heavy (non-hydrogen) atoms. The van der Waals surface area contributed by atoms with Crippen LogP contribution in [0.3, 0.4) is 0 Å². The van der Waals surface area contributed by atoms with Crippen LogP contribution in [-0.2, 0) is 0 Å². The average molecular weight is 264 g/mol. The van der Waals surface area contributed by atoms with Gasteiger partial charge in [-0.2, -0.15) is 5.26 Å². The SMILES string of the molecule is CC(Nc1ccc(C#N)c(Cl)c1)c1cscn1. The number of hydrogen-bond acceptors (Lipinski definition) is 4. The summed E-state index contributed by atoms with van der Waals surface area (Å²) in [6, 6.07) is 7.45. The van der Waals surface area contributed by atoms with Crippen LogP contribution in [0.5, 0.6) is 0 Å². The number of nitrogens with one attached hydrogen (secondary N) is 1. The van der Waals surface area contributed by atoms with E-state index in [0.29, 0.717) is 10.6 Å². The number of halogens is 1. The highest BCUT2D eigenvalue weighted by molar-refractivity contribution is 7.07. The monoisotopic (exact) mass is 263 g/mol. The zero-order chi connectivity index (χ0) is 12.3. The summed E-state index contributed by atoms with van der Waals surface area (Å²) in [5.74, 6) is 0. The molecule has 1 aromatic carbocycles. The normalized spacial score (nSPS) is 11.8. The van der Waals surface area contributed by atoms with Crippen molar-refractivity contribution in [2.75, 3.05) is 5.32 Å². The highest BCUT2D eigenvalue weighted by atomic mass is 35.5. The van der Waals surface area contributed by atoms with Gasteiger partial charge in [0.15, 0.2) is 0 Å². The predicted molar refractivity (Wildman–Crippen MR) is 70.3 cm³/mol. The molecular formula is C12H10ClN3S. The van der Waals surface area contributed by atoms with Crippen LogP contribution in [0.1, 0.15) is 24.2 Å². The first kappa shape index (κ1) is 11.9. The molecule has 1 heterocycles. The summed E-state index contributed by atoms with van der Waals surface area (Å²) in [6.45, 7) is 2.03. The number of hydrogen-bond donors (Lipinski definition) is 1. The van der Waals surface area contributed by atoms with Crippen LogP contribution in [0.4, 0.5) is 5.69 Å². The summed E-state index contributed by atoms with van der Waals surface area (Å²) in [7, 11) is 0. The van der Waals surface area contributed by atoms with Crippen LogP contribution >= 0.6 is 22.9 Å². The second-order valence-corrected chi connectivity index (χ2v) is 4.71. The van der Waals surface area contributed by atoms with Crippen molar-refractivity contribution in [2.24, 2.45) is 0 Å². The Morgan fingerprint density at radius 2 is 2.35 bits per heavy atom. The molecular weight excluding hydrogens is 254 g/mol. The molecule has 3 nitrogen and oxygen atoms in total. The van der Waals surface area contributed by atoms with Crippen LogP contribution in [-0.4, -0.2) is 4.98 Å². The zero-order valence-corrected chi connectivity index (χ0v) is 10.7. The quantitative estimate of drug-likeness (QED) is 0.915. The summed E-state index contributed by atoms with van der Waals surface area (Å²) in [5.41, 5.74) is 4.17. The minimum absolute atomic E-state index is 0.116. The molecule has 1 N–H and O–H groups in total. The molecule has 1 aromatic heterocycles. The average Bonchev–Trinajstić information content (AvgIpc) is 2.82. The van der Waals surface area contributed by atoms with Gasteiger partial charge < -0.3 is 5.32 Å². The maximum Gasteiger partial charge on any atom is 0.101 e. The third-order valence-corrected chi connectivity index (χ3v) is 3.29. The van der Waals surface area contributed by atoms with Crippen molar-refractivity contribution in [1.29, 1.82) is 5.26 Å². The van der Waals surface area contributed by atoms with E-state index in [0.717, 1.165) is 11.4 Å². The van der Waals surface area contributed by atoms with Gasteiger partial charge in [0.25, 0.3) is 0 Å². The lowest BCUT2D eigenvalue weighted by molar-refractivity contribution is 0.850. The van der Waals surface area contributed by atoms with E-state index in [1.54, 1.807) is 29.0 Å². The molecule has 0 saturated carbocycles. The maximum absolute atomic E-state index is 8.78. The smallest absolute Gasteiger partial charge is 0.101 e. The minimum atomic E-state index is 0.116. The summed E-state index contributed by atoms with van der Waals surface area (Å²) in [5, 5.41) is 14.5. The Labute approximate surface area is 109 Å². The third kappa shape index (κ3) is 2.76. The number of anilines is 1. The fourth-order valence-electron chi connectivity index (χ4n) is 1.46. The topological polar surface area (TPSA) is 48.7 Å². The number of thiazole rings is 1. The Bertz CT molecular complexity index is 545. The summed E-state index contributed by atoms with van der Waals surface area (Å²) >= 11 is 7.53. The van der Waals surface area contributed by atoms with Gasteiger partial charge in [-0.05, 0) is 25.1 Å². The van der Waals surface area contributed by atoms with Crippen molar-refractivity contribution in [1.82, 2.24) is 4.98 Å². The predicted octanol–water partition coefficient (Wildman–Crippen LogP) is 3.84. The minimum Gasteiger partial charge on any atom is -0.377 e. The number of nitrogens with zero attached hydrogens (tertiary/aromatic N) is 2. The molecule has 0 aliphatic heterocycles. The number of rotatable bonds is 3. The number of aromatic nitrogens is 1. The van der Waals surface area contributed by atoms with Crippen LogP contribution < -0.4 is 5.32 Å². The fourth-order valence-corrected chi connectivity index (χ4v) is 2.33. The van der Waals surface area contributed by atoms with E-state index in [4.69, 9.17) is 16.9 Å². The molecule has 0 amide bonds. The summed E-state index contributed by atoms with van der Waals surface area (Å²) < 4.78 is 0. The first-order chi connectivity index (χ1) is 8.20. The molecule has 0 spiro atoms. The molecule has 0 aliphatic rings. The zero-order valence-electron chi connectivity index (χ0n) is 9.14. The van der Waals surface area contributed by atoms with E-state index in [1.807, 2.05) is 24.4 Å². The molecule has 2 rings (SSSR count). The van der Waals surface area contributed by atoms with E-state index in [2.05, 4.69) is 10.3 Å². The molecule has 2 aromatic rings. The molecule has 1 unspecified atom stereocenters. The Balaban J connectivity index is 2.15. The highest BCUT2D eigenvalue weighted by Gasteiger charge is 2.08. The van der Waals surface area contributed by atoms with E-state index >= 15 is 0 Å². The van der Waals surface area contributed by atoms with Gasteiger partial charge in [0, 0.05) is 11.1 Å². The van der Waals surface area contributed by atoms with Crippen molar-refractivity contribution in [3.63, 3.8) is 0 Å². The molecule has 5 heteroatoms. The number of nitriles is 1. The molecule has 0 saturated heterocycles. The lowest BCUT2D eigenvalue weighted by Gasteiger charge is -2.13. The molecule has 0 aliphatic carbocycles. The Morgan fingerprint density at radius 3 is 2.94 bits per heavy atom. The van der Waals surface area contributed by atoms with Crippen molar-refractivity contribution in [3.8, 4) is 6.07 Å². The standard InChI is InChI=1S/C12H10ClN3S/c1-8(12-6-17-7-15-12)16-10-3-2-9(5-14)11(13)4-10/h2-4,6-8,16H,1H3. The molecule has 0 radical (unpaired) electrons. The van der Waals surface area contributed by atoms with Gasteiger partial charge in [-0.15, -0.1) is 11.3 Å². The lowest BCUT2D eigenvalue weighted by atomic mass is 10.2. The summed E-state index contributed by atoms with van der Waals surface area (Å²) in [4.78, 5) is 4.24. The van der Waals surface area contributed by atoms with Gasteiger partial charge in [0.2, 0.25) is 0 Å². The molecule has 1 atom stereocenters. The summed E-state index contributed by atoms with van der Waals surface area (Å²) in [6.07, 6.45) is 0. The van der Waals surface area contributed by atoms with Crippen molar-refractivity contribution >= 4 is 28.6 Å². The molecule has 0 bridgehead atoms. The van der Waals surface area contributed by atoms with Gasteiger partial charge in [-0.1, -0.05) is 11.6 Å². The van der Waals surface area contributed by atoms with Crippen LogP contribution in [0.15, 0.2) is 29.1 Å². The van der Waals surface area contributed by atoms with Gasteiger partial charge in [-0.3, -0.25) is 0 Å². The second kappa shape index (κ2) is 5.17. The van der Waals surface area contributed by atoms with Gasteiger partial charge in [-0.25, -0.2) is 4.98 Å². The maximum atomic E-state index is 8.78. The van der Waals surface area contributed by atoms with E-state index in [9.17, 15) is 0 Å². The second-order valence-electron chi connectivity index (χ2n) is 3.59. The fraction of sp³-hybridized carbons (Fsp3) is 0.167. The molecule has 0 fully saturated rings. The van der Waals surface area contributed by atoms with Gasteiger partial charge in [0.1, 0.15) is 6.07 Å². The van der Waals surface area contributed by atoms with E-state index in [1.165, 1.54) is 0 Å². The Kier molecular flexibility index (Phi) is 3.62. The van der Waals surface area contributed by atoms with Gasteiger partial charge in [0.05, 0.1) is 27.8 Å². The highest BCUT2D eigenvalue weighted by Crippen LogP contribution is 2.24. The first-order valence-electron chi connectivity index (χ1n) is 5.05. The van der Waals surface area contributed by atoms with Crippen LogP contribution in [0.2, 0.25) is 5.02 Å². The van der Waals surface area contributed by atoms with Crippen molar-refractivity contribution in [3.05, 3.63) is 45.4 Å². The molecule has 86 valence electrons.